The Balaban J connectivity index is 2.02. The Bertz CT molecular complexity index is 692. The zero-order valence-electron chi connectivity index (χ0n) is 12.9. The number of nitrogens with zero attached hydrogens (tertiary/aromatic N) is 2. The van der Waals surface area contributed by atoms with Gasteiger partial charge < -0.3 is 15.5 Å². The highest BCUT2D eigenvalue weighted by Crippen LogP contribution is 2.25. The molecule has 0 fully saturated rings. The van der Waals surface area contributed by atoms with Crippen LogP contribution in [0, 0.1) is 0 Å². The van der Waals surface area contributed by atoms with Crippen molar-refractivity contribution in [2.75, 3.05) is 37.8 Å². The summed E-state index contributed by atoms with van der Waals surface area (Å²) < 4.78 is 0. The summed E-state index contributed by atoms with van der Waals surface area (Å²) in [5.74, 6) is 0.426. The van der Waals surface area contributed by atoms with E-state index in [-0.39, 0.29) is 5.91 Å². The van der Waals surface area contributed by atoms with E-state index in [9.17, 15) is 4.79 Å². The summed E-state index contributed by atoms with van der Waals surface area (Å²) in [6.45, 7) is 1.62. The Hall–Kier alpha value is -1.82. The lowest BCUT2D eigenvalue weighted by molar-refractivity contribution is 0.102. The molecule has 2 N–H and O–H groups in total. The molecule has 0 unspecified atom stereocenters. The first-order valence-corrected chi connectivity index (χ1v) is 7.82. The van der Waals surface area contributed by atoms with Gasteiger partial charge in [-0.1, -0.05) is 23.2 Å². The van der Waals surface area contributed by atoms with Crippen LogP contribution in [-0.4, -0.2) is 43.0 Å². The lowest BCUT2D eigenvalue weighted by Crippen LogP contribution is -2.21. The molecule has 1 aromatic carbocycles. The number of nitrogens with one attached hydrogen (secondary N) is 2. The Kier molecular flexibility index (Phi) is 6.21. The molecule has 0 saturated carbocycles. The van der Waals surface area contributed by atoms with E-state index in [0.29, 0.717) is 27.1 Å². The highest BCUT2D eigenvalue weighted by atomic mass is 35.5. The topological polar surface area (TPSA) is 57.3 Å². The lowest BCUT2D eigenvalue weighted by Gasteiger charge is -2.11. The van der Waals surface area contributed by atoms with Gasteiger partial charge in [0.15, 0.2) is 0 Å². The average Bonchev–Trinajstić information content (AvgIpc) is 2.51. The zero-order chi connectivity index (χ0) is 16.8. The SMILES string of the molecule is CN(C)CCNc1cc(C(=O)Nc2ccc(Cl)c(Cl)c2)ccn1. The minimum absolute atomic E-state index is 0.235. The molecule has 5 nitrogen and oxygen atoms in total. The number of benzene rings is 1. The molecule has 23 heavy (non-hydrogen) atoms. The molecule has 0 atom stereocenters. The molecule has 0 spiro atoms. The molecule has 1 amide bonds. The van der Waals surface area contributed by atoms with Crippen LogP contribution < -0.4 is 10.6 Å². The molecular weight excluding hydrogens is 335 g/mol. The van der Waals surface area contributed by atoms with Crippen LogP contribution in [0.3, 0.4) is 0 Å². The predicted molar refractivity (Wildman–Crippen MR) is 95.7 cm³/mol. The molecule has 122 valence electrons. The summed E-state index contributed by atoms with van der Waals surface area (Å²) in [7, 11) is 3.99. The van der Waals surface area contributed by atoms with Gasteiger partial charge in [-0.3, -0.25) is 4.79 Å². The third kappa shape index (κ3) is 5.39. The smallest absolute Gasteiger partial charge is 0.255 e. The van der Waals surface area contributed by atoms with E-state index >= 15 is 0 Å². The number of pyridine rings is 1. The maximum absolute atomic E-state index is 12.3. The molecule has 0 aliphatic carbocycles. The first-order valence-electron chi connectivity index (χ1n) is 7.07. The third-order valence-electron chi connectivity index (χ3n) is 3.06. The molecule has 0 aliphatic heterocycles. The van der Waals surface area contributed by atoms with Crippen molar-refractivity contribution in [1.82, 2.24) is 9.88 Å². The minimum atomic E-state index is -0.235. The quantitative estimate of drug-likeness (QED) is 0.833. The predicted octanol–water partition coefficient (Wildman–Crippen LogP) is 3.61. The van der Waals surface area contributed by atoms with Crippen molar-refractivity contribution in [3.05, 3.63) is 52.1 Å². The molecule has 0 aliphatic rings. The number of rotatable bonds is 6. The van der Waals surface area contributed by atoms with Crippen LogP contribution in [0.2, 0.25) is 10.0 Å². The number of halogens is 2. The summed E-state index contributed by atoms with van der Waals surface area (Å²) in [4.78, 5) is 18.6. The van der Waals surface area contributed by atoms with Crippen molar-refractivity contribution in [3.63, 3.8) is 0 Å². The first-order chi connectivity index (χ1) is 11.0. The lowest BCUT2D eigenvalue weighted by atomic mass is 10.2. The third-order valence-corrected chi connectivity index (χ3v) is 3.80. The molecule has 0 saturated heterocycles. The van der Waals surface area contributed by atoms with Crippen molar-refractivity contribution >= 4 is 40.6 Å². The number of carbonyl (C=O) groups is 1. The van der Waals surface area contributed by atoms with Crippen LogP contribution in [0.5, 0.6) is 0 Å². The van der Waals surface area contributed by atoms with E-state index in [2.05, 4.69) is 20.5 Å². The van der Waals surface area contributed by atoms with Crippen molar-refractivity contribution < 1.29 is 4.79 Å². The molecule has 0 bridgehead atoms. The van der Waals surface area contributed by atoms with Gasteiger partial charge in [0, 0.05) is 30.5 Å². The van der Waals surface area contributed by atoms with E-state index in [1.54, 1.807) is 36.5 Å². The van der Waals surface area contributed by atoms with Crippen LogP contribution in [0.15, 0.2) is 36.5 Å². The summed E-state index contributed by atoms with van der Waals surface area (Å²) in [5, 5.41) is 6.80. The van der Waals surface area contributed by atoms with Gasteiger partial charge in [0.25, 0.3) is 5.91 Å². The van der Waals surface area contributed by atoms with Gasteiger partial charge in [-0.25, -0.2) is 4.98 Å². The Morgan fingerprint density at radius 3 is 2.65 bits per heavy atom. The van der Waals surface area contributed by atoms with Gasteiger partial charge in [0.1, 0.15) is 5.82 Å². The van der Waals surface area contributed by atoms with E-state index in [0.717, 1.165) is 13.1 Å². The van der Waals surface area contributed by atoms with Crippen molar-refractivity contribution in [2.24, 2.45) is 0 Å². The van der Waals surface area contributed by atoms with Gasteiger partial charge in [0.05, 0.1) is 10.0 Å². The summed E-state index contributed by atoms with van der Waals surface area (Å²) >= 11 is 11.8. The average molecular weight is 353 g/mol. The fourth-order valence-electron chi connectivity index (χ4n) is 1.85. The number of amides is 1. The van der Waals surface area contributed by atoms with Gasteiger partial charge in [-0.05, 0) is 44.4 Å². The van der Waals surface area contributed by atoms with Crippen molar-refractivity contribution in [2.45, 2.75) is 0 Å². The number of carbonyl (C=O) groups excluding carboxylic acids is 1. The second kappa shape index (κ2) is 8.15. The minimum Gasteiger partial charge on any atom is -0.369 e. The first kappa shape index (κ1) is 17.5. The molecular formula is C16H18Cl2N4O. The molecule has 0 radical (unpaired) electrons. The number of aromatic nitrogens is 1. The second-order valence-electron chi connectivity index (χ2n) is 5.24. The van der Waals surface area contributed by atoms with E-state index in [1.165, 1.54) is 0 Å². The van der Waals surface area contributed by atoms with E-state index in [4.69, 9.17) is 23.2 Å². The number of likely N-dealkylation sites (N-methyl/N-ethyl adjacent to an activating group) is 1. The Labute approximate surface area is 145 Å². The summed E-state index contributed by atoms with van der Waals surface area (Å²) in [5.41, 5.74) is 1.10. The maximum atomic E-state index is 12.3. The summed E-state index contributed by atoms with van der Waals surface area (Å²) in [6.07, 6.45) is 1.60. The molecule has 7 heteroatoms. The molecule has 1 heterocycles. The summed E-state index contributed by atoms with van der Waals surface area (Å²) in [6, 6.07) is 8.32. The Morgan fingerprint density at radius 2 is 1.96 bits per heavy atom. The van der Waals surface area contributed by atoms with Crippen LogP contribution >= 0.6 is 23.2 Å². The monoisotopic (exact) mass is 352 g/mol. The molecule has 2 aromatic rings. The standard InChI is InChI=1S/C16H18Cl2N4O/c1-22(2)8-7-20-15-9-11(5-6-19-15)16(23)21-12-3-4-13(17)14(18)10-12/h3-6,9-10H,7-8H2,1-2H3,(H,19,20)(H,21,23). The second-order valence-corrected chi connectivity index (χ2v) is 6.06. The van der Waals surface area contributed by atoms with Gasteiger partial charge in [-0.15, -0.1) is 0 Å². The van der Waals surface area contributed by atoms with Crippen LogP contribution in [0.4, 0.5) is 11.5 Å². The van der Waals surface area contributed by atoms with Crippen LogP contribution in [0.1, 0.15) is 10.4 Å². The van der Waals surface area contributed by atoms with E-state index < -0.39 is 0 Å². The number of anilines is 2. The van der Waals surface area contributed by atoms with Crippen LogP contribution in [-0.2, 0) is 0 Å². The zero-order valence-corrected chi connectivity index (χ0v) is 14.4. The van der Waals surface area contributed by atoms with E-state index in [1.807, 2.05) is 14.1 Å². The van der Waals surface area contributed by atoms with Gasteiger partial charge >= 0.3 is 0 Å². The van der Waals surface area contributed by atoms with Gasteiger partial charge in [0.2, 0.25) is 0 Å². The largest absolute Gasteiger partial charge is 0.369 e. The van der Waals surface area contributed by atoms with Gasteiger partial charge in [-0.2, -0.15) is 0 Å². The van der Waals surface area contributed by atoms with Crippen LogP contribution in [0.25, 0.3) is 0 Å². The highest BCUT2D eigenvalue weighted by molar-refractivity contribution is 6.42. The fourth-order valence-corrected chi connectivity index (χ4v) is 2.15. The fraction of sp³-hybridized carbons (Fsp3) is 0.250. The maximum Gasteiger partial charge on any atom is 0.255 e. The van der Waals surface area contributed by atoms with Crippen molar-refractivity contribution in [1.29, 1.82) is 0 Å². The number of hydrogen-bond acceptors (Lipinski definition) is 4. The Morgan fingerprint density at radius 1 is 1.17 bits per heavy atom. The normalized spacial score (nSPS) is 10.7. The highest BCUT2D eigenvalue weighted by Gasteiger charge is 2.08. The number of hydrogen-bond donors (Lipinski definition) is 2. The molecule has 1 aromatic heterocycles. The molecule has 2 rings (SSSR count). The van der Waals surface area contributed by atoms with Crippen molar-refractivity contribution in [3.8, 4) is 0 Å².